The lowest BCUT2D eigenvalue weighted by Crippen LogP contribution is -2.16. The van der Waals surface area contributed by atoms with E-state index in [2.05, 4.69) is 5.32 Å². The molecule has 1 amide bonds. The maximum atomic E-state index is 11.5. The minimum absolute atomic E-state index is 0.0222. The molecule has 0 aliphatic heterocycles. The minimum Gasteiger partial charge on any atom is -0.478 e. The molecular weight excluding hydrogens is 208 g/mol. The van der Waals surface area contributed by atoms with Crippen molar-refractivity contribution in [1.82, 2.24) is 0 Å². The summed E-state index contributed by atoms with van der Waals surface area (Å²) in [6.07, 6.45) is 1.76. The highest BCUT2D eigenvalue weighted by molar-refractivity contribution is 6.02. The molecule has 1 saturated carbocycles. The van der Waals surface area contributed by atoms with Crippen LogP contribution in [-0.4, -0.2) is 17.0 Å². The summed E-state index contributed by atoms with van der Waals surface area (Å²) < 4.78 is 0. The van der Waals surface area contributed by atoms with E-state index in [4.69, 9.17) is 10.8 Å². The summed E-state index contributed by atoms with van der Waals surface area (Å²) in [5.41, 5.74) is 6.18. The molecule has 1 aliphatic rings. The highest BCUT2D eigenvalue weighted by atomic mass is 16.4. The van der Waals surface area contributed by atoms with Gasteiger partial charge in [-0.1, -0.05) is 0 Å². The van der Waals surface area contributed by atoms with E-state index >= 15 is 0 Å². The maximum Gasteiger partial charge on any atom is 0.337 e. The largest absolute Gasteiger partial charge is 0.478 e. The zero-order chi connectivity index (χ0) is 11.7. The standard InChI is InChI=1S/C11H12N2O3/c12-7-3-4-9(8(5-7)11(15)16)13-10(14)6-1-2-6/h3-6H,1-2,12H2,(H,13,14)(H,15,16). The molecule has 0 unspecified atom stereocenters. The lowest BCUT2D eigenvalue weighted by molar-refractivity contribution is -0.117. The van der Waals surface area contributed by atoms with Crippen molar-refractivity contribution < 1.29 is 14.7 Å². The summed E-state index contributed by atoms with van der Waals surface area (Å²) in [5.74, 6) is -1.18. The quantitative estimate of drug-likeness (QED) is 0.670. The Balaban J connectivity index is 2.24. The van der Waals surface area contributed by atoms with Crippen LogP contribution in [0.4, 0.5) is 11.4 Å². The first-order valence-electron chi connectivity index (χ1n) is 5.01. The van der Waals surface area contributed by atoms with E-state index in [9.17, 15) is 9.59 Å². The second kappa shape index (κ2) is 3.84. The Kier molecular flexibility index (Phi) is 2.52. The fourth-order valence-electron chi connectivity index (χ4n) is 1.43. The third-order valence-electron chi connectivity index (χ3n) is 2.48. The second-order valence-electron chi connectivity index (χ2n) is 3.87. The molecule has 4 N–H and O–H groups in total. The van der Waals surface area contributed by atoms with Gasteiger partial charge < -0.3 is 16.2 Å². The number of carbonyl (C=O) groups is 2. The first-order valence-corrected chi connectivity index (χ1v) is 5.01. The van der Waals surface area contributed by atoms with Crippen LogP contribution in [0.1, 0.15) is 23.2 Å². The van der Waals surface area contributed by atoms with Gasteiger partial charge in [0.15, 0.2) is 0 Å². The van der Waals surface area contributed by atoms with Crippen LogP contribution in [0.3, 0.4) is 0 Å². The first kappa shape index (κ1) is 10.5. The molecule has 0 radical (unpaired) electrons. The number of nitrogens with one attached hydrogen (secondary N) is 1. The van der Waals surface area contributed by atoms with Gasteiger partial charge in [-0.25, -0.2) is 4.79 Å². The van der Waals surface area contributed by atoms with E-state index in [1.54, 1.807) is 6.07 Å². The van der Waals surface area contributed by atoms with Crippen LogP contribution < -0.4 is 11.1 Å². The molecule has 2 rings (SSSR count). The number of hydrogen-bond acceptors (Lipinski definition) is 3. The average Bonchev–Trinajstić information content (AvgIpc) is 3.03. The number of rotatable bonds is 3. The number of carboxylic acid groups (broad SMARTS) is 1. The van der Waals surface area contributed by atoms with E-state index in [1.807, 2.05) is 0 Å². The van der Waals surface area contributed by atoms with Crippen molar-refractivity contribution in [3.05, 3.63) is 23.8 Å². The van der Waals surface area contributed by atoms with Gasteiger partial charge in [-0.15, -0.1) is 0 Å². The number of benzene rings is 1. The Morgan fingerprint density at radius 3 is 2.62 bits per heavy atom. The molecule has 0 spiro atoms. The highest BCUT2D eigenvalue weighted by Crippen LogP contribution is 2.31. The molecule has 0 heterocycles. The van der Waals surface area contributed by atoms with E-state index in [1.165, 1.54) is 12.1 Å². The summed E-state index contributed by atoms with van der Waals surface area (Å²) in [5, 5.41) is 11.6. The molecule has 5 heteroatoms. The molecule has 0 atom stereocenters. The van der Waals surface area contributed by atoms with Gasteiger partial charge in [0.1, 0.15) is 0 Å². The topological polar surface area (TPSA) is 92.4 Å². The van der Waals surface area contributed by atoms with Crippen LogP contribution in [0, 0.1) is 5.92 Å². The van der Waals surface area contributed by atoms with Crippen molar-refractivity contribution in [2.24, 2.45) is 5.92 Å². The van der Waals surface area contributed by atoms with Crippen molar-refractivity contribution in [1.29, 1.82) is 0 Å². The number of carboxylic acids is 1. The van der Waals surface area contributed by atoms with Crippen LogP contribution in [0.15, 0.2) is 18.2 Å². The Hall–Kier alpha value is -2.04. The zero-order valence-corrected chi connectivity index (χ0v) is 8.56. The summed E-state index contributed by atoms with van der Waals surface area (Å²) in [6.45, 7) is 0. The summed E-state index contributed by atoms with van der Waals surface area (Å²) in [7, 11) is 0. The van der Waals surface area contributed by atoms with Crippen LogP contribution in [0.5, 0.6) is 0 Å². The van der Waals surface area contributed by atoms with Gasteiger partial charge in [0.05, 0.1) is 11.3 Å². The monoisotopic (exact) mass is 220 g/mol. The van der Waals surface area contributed by atoms with Gasteiger partial charge in [0.2, 0.25) is 5.91 Å². The van der Waals surface area contributed by atoms with Gasteiger partial charge >= 0.3 is 5.97 Å². The predicted octanol–water partition coefficient (Wildman–Crippen LogP) is 1.32. The smallest absolute Gasteiger partial charge is 0.337 e. The molecule has 84 valence electrons. The van der Waals surface area contributed by atoms with Crippen molar-refractivity contribution in [3.63, 3.8) is 0 Å². The van der Waals surface area contributed by atoms with Crippen molar-refractivity contribution in [3.8, 4) is 0 Å². The van der Waals surface area contributed by atoms with E-state index in [0.717, 1.165) is 12.8 Å². The number of nitrogens with two attached hydrogens (primary N) is 1. The number of aromatic carboxylic acids is 1. The molecule has 16 heavy (non-hydrogen) atoms. The molecular formula is C11H12N2O3. The molecule has 0 aromatic heterocycles. The zero-order valence-electron chi connectivity index (χ0n) is 8.56. The van der Waals surface area contributed by atoms with Crippen LogP contribution in [-0.2, 0) is 4.79 Å². The Bertz CT molecular complexity index is 453. The summed E-state index contributed by atoms with van der Waals surface area (Å²) in [6, 6.07) is 4.42. The fourth-order valence-corrected chi connectivity index (χ4v) is 1.43. The Morgan fingerprint density at radius 1 is 1.38 bits per heavy atom. The summed E-state index contributed by atoms with van der Waals surface area (Å²) in [4.78, 5) is 22.4. The molecule has 1 fully saturated rings. The van der Waals surface area contributed by atoms with Crippen LogP contribution in [0.25, 0.3) is 0 Å². The lowest BCUT2D eigenvalue weighted by atomic mass is 10.1. The Morgan fingerprint density at radius 2 is 2.06 bits per heavy atom. The van der Waals surface area contributed by atoms with Crippen molar-refractivity contribution in [2.75, 3.05) is 11.1 Å². The predicted molar refractivity (Wildman–Crippen MR) is 59.2 cm³/mol. The average molecular weight is 220 g/mol. The van der Waals surface area contributed by atoms with Gasteiger partial charge in [0, 0.05) is 11.6 Å². The number of hydrogen-bond donors (Lipinski definition) is 3. The SMILES string of the molecule is Nc1ccc(NC(=O)C2CC2)c(C(=O)O)c1. The third-order valence-corrected chi connectivity index (χ3v) is 2.48. The van der Waals surface area contributed by atoms with Gasteiger partial charge in [-0.2, -0.15) is 0 Å². The molecule has 0 bridgehead atoms. The number of amides is 1. The van der Waals surface area contributed by atoms with E-state index < -0.39 is 5.97 Å². The van der Waals surface area contributed by atoms with Crippen molar-refractivity contribution >= 4 is 23.3 Å². The lowest BCUT2D eigenvalue weighted by Gasteiger charge is -2.08. The fraction of sp³-hybridized carbons (Fsp3) is 0.273. The molecule has 1 aromatic carbocycles. The van der Waals surface area contributed by atoms with Gasteiger partial charge in [0.25, 0.3) is 0 Å². The van der Waals surface area contributed by atoms with E-state index in [0.29, 0.717) is 11.4 Å². The maximum absolute atomic E-state index is 11.5. The second-order valence-corrected chi connectivity index (χ2v) is 3.87. The molecule has 0 saturated heterocycles. The van der Waals surface area contributed by atoms with Crippen molar-refractivity contribution in [2.45, 2.75) is 12.8 Å². The van der Waals surface area contributed by atoms with Gasteiger partial charge in [-0.05, 0) is 31.0 Å². The number of nitrogen functional groups attached to an aromatic ring is 1. The normalized spacial score (nSPS) is 14.5. The molecule has 5 nitrogen and oxygen atoms in total. The molecule has 1 aromatic rings. The molecule has 1 aliphatic carbocycles. The Labute approximate surface area is 92.3 Å². The van der Waals surface area contributed by atoms with E-state index in [-0.39, 0.29) is 17.4 Å². The first-order chi connectivity index (χ1) is 7.58. The van der Waals surface area contributed by atoms with Crippen LogP contribution in [0.2, 0.25) is 0 Å². The highest BCUT2D eigenvalue weighted by Gasteiger charge is 2.30. The number of carbonyl (C=O) groups excluding carboxylic acids is 1. The minimum atomic E-state index is -1.10. The van der Waals surface area contributed by atoms with Gasteiger partial charge in [-0.3, -0.25) is 4.79 Å². The van der Waals surface area contributed by atoms with Crippen LogP contribution >= 0.6 is 0 Å². The number of anilines is 2. The third kappa shape index (κ3) is 2.13. The summed E-state index contributed by atoms with van der Waals surface area (Å²) >= 11 is 0.